The monoisotopic (exact) mass is 1760 g/mol. The fourth-order valence-electron chi connectivity index (χ4n) is 15.1. The Bertz CT molecular complexity index is 4970. The number of hydrogen-bond donors (Lipinski definition) is 11. The maximum absolute atomic E-state index is 15.5. The number of primary amides is 1. The number of likely N-dealkylation sites (N-methyl/N-ethyl adjacent to an activating group) is 5. The van der Waals surface area contributed by atoms with Crippen LogP contribution in [-0.2, 0) is 120 Å². The van der Waals surface area contributed by atoms with Crippen LogP contribution in [0.2, 0.25) is 0 Å². The largest absolute Gasteiger partial charge is 0.508 e. The van der Waals surface area contributed by atoms with E-state index in [9.17, 15) is 53.4 Å². The molecular weight excluding hydrogens is 1650 g/mol. The second kappa shape index (κ2) is 49.0. The molecule has 0 unspecified atom stereocenters. The number of thioether (sulfide) groups is 1. The molecule has 127 heavy (non-hydrogen) atoms. The van der Waals surface area contributed by atoms with Crippen LogP contribution in [0.25, 0.3) is 10.9 Å². The SMILES string of the molecule is CCCC[C@H]1C(=O)N(C)CC(=O)C[C@@H](COC=O)C(=O)C[C@@H](C(C)C)C(=O)N(C)[C@@H](Cc2ccccc2)C(=O)N[C@@H](Cc2ccc(O)cc2)C(=O)N(C)CC(=O)N[C@@H](Cc2c[nH]c3ccccc23)C(=O)N[C@@H](Cc2ccc(O)cc2)C(=O)N[C@@H](CN)C(=O)N[C@H](C(=O)CCC(N)=O)CSCC(=O)N[C@@H](Cc2ccccc2)C(=O)N(C)[C@@H](Cc2ccccc2)C(=O)N1C. The third-order valence-corrected chi connectivity index (χ3v) is 23.5. The Morgan fingerprint density at radius 1 is 0.504 bits per heavy atom. The Kier molecular flexibility index (Phi) is 38.3. The molecule has 1 saturated heterocycles. The van der Waals surface area contributed by atoms with Crippen LogP contribution in [0.5, 0.6) is 11.5 Å². The van der Waals surface area contributed by atoms with E-state index in [4.69, 9.17) is 16.2 Å². The van der Waals surface area contributed by atoms with Crippen LogP contribution in [0.15, 0.2) is 170 Å². The third-order valence-electron chi connectivity index (χ3n) is 22.5. The lowest BCUT2D eigenvalue weighted by atomic mass is 9.84. The number of nitrogens with zero attached hydrogens (tertiary/aromatic N) is 5. The Morgan fingerprint density at radius 3 is 1.54 bits per heavy atom. The van der Waals surface area contributed by atoms with Crippen molar-refractivity contribution < 1.29 is 91.7 Å². The average Bonchev–Trinajstić information content (AvgIpc) is 0.875. The molecule has 678 valence electrons. The minimum atomic E-state index is -1.67. The molecule has 0 radical (unpaired) electrons. The zero-order chi connectivity index (χ0) is 92.6. The second-order valence-corrected chi connectivity index (χ2v) is 33.4. The predicted molar refractivity (Wildman–Crippen MR) is 475 cm³/mol. The van der Waals surface area contributed by atoms with Gasteiger partial charge in [0, 0.05) is 135 Å². The highest BCUT2D eigenvalue weighted by Crippen LogP contribution is 2.28. The number of fused-ring (bicyclic) bond motifs is 1. The van der Waals surface area contributed by atoms with E-state index in [2.05, 4.69) is 36.9 Å². The fourth-order valence-corrected chi connectivity index (χ4v) is 16.0. The van der Waals surface area contributed by atoms with Crippen molar-refractivity contribution in [3.63, 3.8) is 0 Å². The summed E-state index contributed by atoms with van der Waals surface area (Å²) in [5.74, 6) is -16.4. The van der Waals surface area contributed by atoms with E-state index < -0.39 is 218 Å². The van der Waals surface area contributed by atoms with Crippen molar-refractivity contribution in [2.24, 2.45) is 29.2 Å². The molecule has 11 atom stereocenters. The zero-order valence-electron chi connectivity index (χ0n) is 72.7. The van der Waals surface area contributed by atoms with Crippen LogP contribution >= 0.6 is 11.8 Å². The summed E-state index contributed by atoms with van der Waals surface area (Å²) in [4.78, 5) is 242. The first-order valence-corrected chi connectivity index (χ1v) is 43.3. The number of carbonyl (C=O) groups is 16. The zero-order valence-corrected chi connectivity index (χ0v) is 73.6. The summed E-state index contributed by atoms with van der Waals surface area (Å²) in [6.45, 7) is 2.69. The summed E-state index contributed by atoms with van der Waals surface area (Å²) < 4.78 is 5.15. The van der Waals surface area contributed by atoms with Crippen LogP contribution in [0.4, 0.5) is 0 Å². The molecule has 1 aliphatic heterocycles. The van der Waals surface area contributed by atoms with Crippen molar-refractivity contribution in [3.8, 4) is 11.5 Å². The maximum Gasteiger partial charge on any atom is 0.293 e. The first-order chi connectivity index (χ1) is 60.7. The Hall–Kier alpha value is -13.1. The van der Waals surface area contributed by atoms with Crippen molar-refractivity contribution >= 4 is 117 Å². The number of Topliss-reactive ketones (excluding diaryl/α,β-unsaturated/α-hetero) is 3. The fraction of sp³-hybridized carbons (Fsp3) is 0.419. The highest BCUT2D eigenvalue weighted by molar-refractivity contribution is 8.00. The molecule has 8 rings (SSSR count). The van der Waals surface area contributed by atoms with Crippen molar-refractivity contribution in [1.29, 1.82) is 0 Å². The molecule has 1 fully saturated rings. The lowest BCUT2D eigenvalue weighted by molar-refractivity contribution is -0.151. The predicted octanol–water partition coefficient (Wildman–Crippen LogP) is 3.35. The van der Waals surface area contributed by atoms with E-state index in [-0.39, 0.29) is 68.7 Å². The van der Waals surface area contributed by atoms with Gasteiger partial charge in [-0.2, -0.15) is 0 Å². The Morgan fingerprint density at radius 2 is 0.984 bits per heavy atom. The number of aromatic hydroxyl groups is 2. The molecule has 0 aliphatic carbocycles. The lowest BCUT2D eigenvalue weighted by Gasteiger charge is -2.37. The normalized spacial score (nSPS) is 22.1. The number of H-pyrrole nitrogens is 1. The molecule has 1 aromatic heterocycles. The van der Waals surface area contributed by atoms with Gasteiger partial charge in [0.25, 0.3) is 6.47 Å². The van der Waals surface area contributed by atoms with Crippen LogP contribution in [-0.4, -0.2) is 262 Å². The van der Waals surface area contributed by atoms with Crippen LogP contribution in [0.1, 0.15) is 99.1 Å². The number of aromatic nitrogens is 1. The number of ketones is 3. The molecular formula is C93H116N14O19S. The number of ether oxygens (including phenoxy) is 1. The van der Waals surface area contributed by atoms with Crippen LogP contribution < -0.4 is 43.4 Å². The van der Waals surface area contributed by atoms with Crippen LogP contribution in [0, 0.1) is 17.8 Å². The van der Waals surface area contributed by atoms with Crippen molar-refractivity contribution in [3.05, 3.63) is 203 Å². The quantitative estimate of drug-likeness (QED) is 0.0386. The summed E-state index contributed by atoms with van der Waals surface area (Å²) in [5.41, 5.74) is 15.5. The van der Waals surface area contributed by atoms with Gasteiger partial charge in [-0.25, -0.2) is 0 Å². The van der Waals surface area contributed by atoms with Gasteiger partial charge in [-0.3, -0.25) is 76.7 Å². The van der Waals surface area contributed by atoms with Crippen LogP contribution in [0.3, 0.4) is 0 Å². The molecule has 12 amide bonds. The Labute approximate surface area is 742 Å². The number of nitrogens with two attached hydrogens (primary N) is 2. The number of amides is 12. The number of nitrogens with one attached hydrogen (secondary N) is 7. The number of phenols is 2. The van der Waals surface area contributed by atoms with Crippen molar-refractivity contribution in [2.75, 3.05) is 73.0 Å². The average molecular weight is 1770 g/mol. The molecule has 0 bridgehead atoms. The minimum Gasteiger partial charge on any atom is -0.508 e. The molecule has 33 nitrogen and oxygen atoms in total. The molecule has 34 heteroatoms. The van der Waals surface area contributed by atoms with Gasteiger partial charge in [0.05, 0.1) is 30.8 Å². The van der Waals surface area contributed by atoms with Gasteiger partial charge >= 0.3 is 0 Å². The summed E-state index contributed by atoms with van der Waals surface area (Å²) in [7, 11) is 6.77. The van der Waals surface area contributed by atoms with Crippen molar-refractivity contribution in [2.45, 2.75) is 159 Å². The highest BCUT2D eigenvalue weighted by atomic mass is 32.2. The molecule has 0 saturated carbocycles. The van der Waals surface area contributed by atoms with Gasteiger partial charge in [-0.05, 0) is 76.1 Å². The summed E-state index contributed by atoms with van der Waals surface area (Å²) in [6, 6.07) is 31.1. The van der Waals surface area contributed by atoms with Gasteiger partial charge in [0.2, 0.25) is 70.9 Å². The topological polar surface area (TPSA) is 479 Å². The van der Waals surface area contributed by atoms with Gasteiger partial charge in [0.15, 0.2) is 11.6 Å². The Balaban J connectivity index is 1.20. The summed E-state index contributed by atoms with van der Waals surface area (Å²) in [6.07, 6.45) is -0.620. The van der Waals surface area contributed by atoms with Gasteiger partial charge in [-0.1, -0.05) is 167 Å². The number of hydrogen-bond acceptors (Lipinski definition) is 21. The number of carbonyl (C=O) groups excluding carboxylic acids is 16. The van der Waals surface area contributed by atoms with Crippen molar-refractivity contribution in [1.82, 2.24) is 61.4 Å². The minimum absolute atomic E-state index is 0.0813. The molecule has 0 spiro atoms. The summed E-state index contributed by atoms with van der Waals surface area (Å²) >= 11 is 0.844. The summed E-state index contributed by atoms with van der Waals surface area (Å²) in [5, 5.41) is 37.6. The van der Waals surface area contributed by atoms with E-state index in [1.165, 1.54) is 93.6 Å². The first-order valence-electron chi connectivity index (χ1n) is 42.2. The second-order valence-electron chi connectivity index (χ2n) is 32.4. The molecule has 2 heterocycles. The van der Waals surface area contributed by atoms with Gasteiger partial charge in [0.1, 0.15) is 72.2 Å². The number of benzene rings is 6. The highest BCUT2D eigenvalue weighted by Gasteiger charge is 2.42. The van der Waals surface area contributed by atoms with E-state index in [0.29, 0.717) is 57.1 Å². The standard InChI is InChI=1S/C93H116N14O19S/c1-9-10-30-77-92(124)103(4)51-67(111)46-64(53-126-56-108)81(113)48-69(57(2)3)89(121)106(7)78(44-59-24-16-12-17-25-59)88(120)100-73(43-62-33-37-66(110)38-34-62)90(122)104(5)52-83(115)97-72(47-63-50-96-70-29-21-20-28-68(63)70)86(118)99-71(41-61-31-35-65(109)36-32-61)85(117)101-75(49-94)87(119)102-76(80(112)39-40-82(95)114)54-127-55-84(116)98-74(42-58-22-14-11-15-23-58)91(123)107(8)79(93(125)105(77)6)45-60-26-18-13-19-27-60/h11-29,31-38,50,56-57,64,69,71-79,96,109-110H,9-10,30,39-49,51-55,94H2,1-8H3,(H2,95,114)(H,97,115)(H,98,116)(H,99,118)(H,100,120)(H,101,117)(H,102,119)/t64-,69-,71-,72-,73-,74-,75-,76-,77-,78-,79-/m0/s1. The third kappa shape index (κ3) is 29.8. The number of para-hydroxylation sites is 1. The first kappa shape index (κ1) is 99.3. The molecule has 6 aromatic carbocycles. The number of aromatic amines is 1. The number of unbranched alkanes of at least 4 members (excludes halogenated alkanes) is 1. The number of phenolic OH excluding ortho intramolecular Hbond substituents is 2. The van der Waals surface area contributed by atoms with Gasteiger partial charge in [-0.15, -0.1) is 11.8 Å². The van der Waals surface area contributed by atoms with E-state index >= 15 is 33.6 Å². The number of rotatable bonds is 24. The van der Waals surface area contributed by atoms with E-state index in [1.54, 1.807) is 135 Å². The smallest absolute Gasteiger partial charge is 0.293 e. The molecule has 1 aliphatic rings. The van der Waals surface area contributed by atoms with E-state index in [0.717, 1.165) is 26.5 Å². The molecule has 7 aromatic rings. The maximum atomic E-state index is 15.5. The van der Waals surface area contributed by atoms with E-state index in [1.807, 2.05) is 6.92 Å². The van der Waals surface area contributed by atoms with Gasteiger partial charge < -0.3 is 87.8 Å². The molecule has 13 N–H and O–H groups in total. The lowest BCUT2D eigenvalue weighted by Crippen LogP contribution is -2.60.